The average molecular weight is 411 g/mol. The van der Waals surface area contributed by atoms with E-state index in [9.17, 15) is 9.59 Å². The number of amides is 2. The largest absolute Gasteiger partial charge is 0.495 e. The number of para-hydroxylation sites is 2. The van der Waals surface area contributed by atoms with Crippen LogP contribution in [-0.2, 0) is 4.79 Å². The van der Waals surface area contributed by atoms with E-state index in [2.05, 4.69) is 10.6 Å². The molecule has 0 unspecified atom stereocenters. The molecule has 7 heteroatoms. The van der Waals surface area contributed by atoms with Crippen LogP contribution in [0.1, 0.15) is 10.4 Å². The van der Waals surface area contributed by atoms with Crippen LogP contribution in [-0.4, -0.2) is 25.5 Å². The van der Waals surface area contributed by atoms with Crippen LogP contribution in [0.5, 0.6) is 11.5 Å². The smallest absolute Gasteiger partial charge is 0.262 e. The van der Waals surface area contributed by atoms with Crippen LogP contribution in [0.4, 0.5) is 11.4 Å². The summed E-state index contributed by atoms with van der Waals surface area (Å²) < 4.78 is 10.7. The highest BCUT2D eigenvalue weighted by Crippen LogP contribution is 2.24. The molecule has 29 heavy (non-hydrogen) atoms. The Morgan fingerprint density at radius 1 is 0.897 bits per heavy atom. The number of anilines is 2. The van der Waals surface area contributed by atoms with Crippen LogP contribution in [0.25, 0.3) is 0 Å². The van der Waals surface area contributed by atoms with Crippen LogP contribution in [0.2, 0.25) is 5.02 Å². The third kappa shape index (κ3) is 5.73. The van der Waals surface area contributed by atoms with E-state index in [1.165, 1.54) is 0 Å². The fourth-order valence-corrected chi connectivity index (χ4v) is 2.65. The lowest BCUT2D eigenvalue weighted by molar-refractivity contribution is -0.118. The molecule has 0 aliphatic carbocycles. The first kappa shape index (κ1) is 20.2. The minimum absolute atomic E-state index is 0.157. The molecule has 3 aromatic carbocycles. The summed E-state index contributed by atoms with van der Waals surface area (Å²) in [6.07, 6.45) is 0. The van der Waals surface area contributed by atoms with Crippen molar-refractivity contribution in [1.82, 2.24) is 0 Å². The van der Waals surface area contributed by atoms with E-state index < -0.39 is 0 Å². The zero-order valence-corrected chi connectivity index (χ0v) is 16.4. The predicted molar refractivity (Wildman–Crippen MR) is 113 cm³/mol. The van der Waals surface area contributed by atoms with Crippen LogP contribution in [0.15, 0.2) is 72.8 Å². The molecule has 0 saturated heterocycles. The normalized spacial score (nSPS) is 10.1. The number of benzene rings is 3. The fourth-order valence-electron chi connectivity index (χ4n) is 2.52. The molecule has 0 atom stereocenters. The molecule has 0 saturated carbocycles. The fraction of sp³-hybridized carbons (Fsp3) is 0.0909. The minimum Gasteiger partial charge on any atom is -0.495 e. The maximum atomic E-state index is 12.4. The quantitative estimate of drug-likeness (QED) is 0.596. The molecule has 0 aliphatic rings. The Labute approximate surface area is 173 Å². The number of carbonyl (C=O) groups is 2. The second kappa shape index (κ2) is 9.61. The van der Waals surface area contributed by atoms with Crippen LogP contribution >= 0.6 is 11.6 Å². The monoisotopic (exact) mass is 410 g/mol. The summed E-state index contributed by atoms with van der Waals surface area (Å²) in [5, 5.41) is 6.10. The molecule has 0 bridgehead atoms. The molecule has 3 aromatic rings. The number of rotatable bonds is 7. The first-order valence-electron chi connectivity index (χ1n) is 8.78. The lowest BCUT2D eigenvalue weighted by atomic mass is 10.2. The van der Waals surface area contributed by atoms with Crippen molar-refractivity contribution in [3.05, 3.63) is 83.4 Å². The maximum Gasteiger partial charge on any atom is 0.262 e. The van der Waals surface area contributed by atoms with Gasteiger partial charge in [-0.2, -0.15) is 0 Å². The Bertz CT molecular complexity index is 988. The summed E-state index contributed by atoms with van der Waals surface area (Å²) in [6, 6.07) is 20.4. The first-order chi connectivity index (χ1) is 14.0. The standard InChI is InChI=1S/C22H19ClN2O4/c1-28-20-5-3-2-4-19(20)25-22(27)15-6-12-18(13-7-15)29-14-21(26)24-17-10-8-16(23)9-11-17/h2-13H,14H2,1H3,(H,24,26)(H,25,27). The van der Waals surface area contributed by atoms with Gasteiger partial charge in [-0.15, -0.1) is 0 Å². The third-order valence-electron chi connectivity index (χ3n) is 3.97. The van der Waals surface area contributed by atoms with Gasteiger partial charge in [0.2, 0.25) is 0 Å². The number of nitrogens with one attached hydrogen (secondary N) is 2. The maximum absolute atomic E-state index is 12.4. The molecule has 2 N–H and O–H groups in total. The van der Waals surface area contributed by atoms with Crippen molar-refractivity contribution >= 4 is 34.8 Å². The Hall–Kier alpha value is -3.51. The van der Waals surface area contributed by atoms with Gasteiger partial charge in [0.25, 0.3) is 11.8 Å². The van der Waals surface area contributed by atoms with E-state index in [0.717, 1.165) is 0 Å². The second-order valence-electron chi connectivity index (χ2n) is 6.02. The predicted octanol–water partition coefficient (Wildman–Crippen LogP) is 4.62. The van der Waals surface area contributed by atoms with Gasteiger partial charge in [-0.05, 0) is 60.7 Å². The van der Waals surface area contributed by atoms with Gasteiger partial charge in [0, 0.05) is 16.3 Å². The van der Waals surface area contributed by atoms with Gasteiger partial charge in [-0.3, -0.25) is 9.59 Å². The van der Waals surface area contributed by atoms with E-state index in [-0.39, 0.29) is 18.4 Å². The van der Waals surface area contributed by atoms with E-state index in [1.54, 1.807) is 67.8 Å². The van der Waals surface area contributed by atoms with Crippen molar-refractivity contribution < 1.29 is 19.1 Å². The van der Waals surface area contributed by atoms with Gasteiger partial charge < -0.3 is 20.1 Å². The van der Waals surface area contributed by atoms with Gasteiger partial charge in [-0.1, -0.05) is 23.7 Å². The highest BCUT2D eigenvalue weighted by molar-refractivity contribution is 6.30. The molecule has 6 nitrogen and oxygen atoms in total. The van der Waals surface area contributed by atoms with Crippen molar-refractivity contribution in [3.63, 3.8) is 0 Å². The Morgan fingerprint density at radius 2 is 1.59 bits per heavy atom. The number of carbonyl (C=O) groups excluding carboxylic acids is 2. The van der Waals surface area contributed by atoms with E-state index >= 15 is 0 Å². The molecular weight excluding hydrogens is 392 g/mol. The zero-order valence-electron chi connectivity index (χ0n) is 15.6. The Balaban J connectivity index is 1.53. The summed E-state index contributed by atoms with van der Waals surface area (Å²) in [4.78, 5) is 24.4. The second-order valence-corrected chi connectivity index (χ2v) is 6.46. The summed E-state index contributed by atoms with van der Waals surface area (Å²) in [5.41, 5.74) is 1.67. The van der Waals surface area contributed by atoms with Gasteiger partial charge >= 0.3 is 0 Å². The van der Waals surface area contributed by atoms with Crippen LogP contribution in [0.3, 0.4) is 0 Å². The minimum atomic E-state index is -0.301. The summed E-state index contributed by atoms with van der Waals surface area (Å²) >= 11 is 5.81. The molecular formula is C22H19ClN2O4. The Morgan fingerprint density at radius 3 is 2.28 bits per heavy atom. The van der Waals surface area contributed by atoms with Crippen molar-refractivity contribution in [3.8, 4) is 11.5 Å². The topological polar surface area (TPSA) is 76.7 Å². The highest BCUT2D eigenvalue weighted by Gasteiger charge is 2.10. The Kier molecular flexibility index (Phi) is 6.71. The number of hydrogen-bond acceptors (Lipinski definition) is 4. The number of methoxy groups -OCH3 is 1. The molecule has 0 fully saturated rings. The summed E-state index contributed by atoms with van der Waals surface area (Å²) in [6.45, 7) is -0.157. The van der Waals surface area contributed by atoms with Crippen molar-refractivity contribution in [2.24, 2.45) is 0 Å². The molecule has 0 aromatic heterocycles. The van der Waals surface area contributed by atoms with E-state index in [1.807, 2.05) is 12.1 Å². The number of ether oxygens (including phenoxy) is 2. The van der Waals surface area contributed by atoms with Crippen molar-refractivity contribution in [2.75, 3.05) is 24.4 Å². The van der Waals surface area contributed by atoms with Gasteiger partial charge in [0.05, 0.1) is 12.8 Å². The van der Waals surface area contributed by atoms with Gasteiger partial charge in [0.1, 0.15) is 11.5 Å². The van der Waals surface area contributed by atoms with Crippen LogP contribution < -0.4 is 20.1 Å². The number of halogens is 1. The van der Waals surface area contributed by atoms with Gasteiger partial charge in [0.15, 0.2) is 6.61 Å². The molecule has 0 spiro atoms. The molecule has 148 valence electrons. The molecule has 2 amide bonds. The average Bonchev–Trinajstić information content (AvgIpc) is 2.74. The molecule has 0 radical (unpaired) electrons. The molecule has 3 rings (SSSR count). The van der Waals surface area contributed by atoms with Crippen molar-refractivity contribution in [1.29, 1.82) is 0 Å². The van der Waals surface area contributed by atoms with Crippen molar-refractivity contribution in [2.45, 2.75) is 0 Å². The molecule has 0 aliphatic heterocycles. The van der Waals surface area contributed by atoms with E-state index in [0.29, 0.717) is 33.5 Å². The number of hydrogen-bond donors (Lipinski definition) is 2. The zero-order chi connectivity index (χ0) is 20.6. The van der Waals surface area contributed by atoms with Gasteiger partial charge in [-0.25, -0.2) is 0 Å². The lowest BCUT2D eigenvalue weighted by Gasteiger charge is -2.10. The summed E-state index contributed by atoms with van der Waals surface area (Å²) in [5.74, 6) is 0.476. The molecule has 0 heterocycles. The van der Waals surface area contributed by atoms with Crippen LogP contribution in [0, 0.1) is 0 Å². The lowest BCUT2D eigenvalue weighted by Crippen LogP contribution is -2.20. The summed E-state index contributed by atoms with van der Waals surface area (Å²) in [7, 11) is 1.54. The SMILES string of the molecule is COc1ccccc1NC(=O)c1ccc(OCC(=O)Nc2ccc(Cl)cc2)cc1. The first-order valence-corrected chi connectivity index (χ1v) is 9.15. The third-order valence-corrected chi connectivity index (χ3v) is 4.22. The van der Waals surface area contributed by atoms with E-state index in [4.69, 9.17) is 21.1 Å². The highest BCUT2D eigenvalue weighted by atomic mass is 35.5.